The fourth-order valence-corrected chi connectivity index (χ4v) is 4.84. The predicted molar refractivity (Wildman–Crippen MR) is 143 cm³/mol. The molecule has 0 fully saturated rings. The predicted octanol–water partition coefficient (Wildman–Crippen LogP) is 4.06. The summed E-state index contributed by atoms with van der Waals surface area (Å²) in [5.74, 6) is 2.11. The lowest BCUT2D eigenvalue weighted by Crippen LogP contribution is -2.46. The highest BCUT2D eigenvalue weighted by Crippen LogP contribution is 2.22. The number of aromatic nitrogens is 3. The van der Waals surface area contributed by atoms with Crippen LogP contribution in [-0.4, -0.2) is 69.2 Å². The topological polar surface area (TPSA) is 80.6 Å². The smallest absolute Gasteiger partial charge is 0.257 e. The van der Waals surface area contributed by atoms with Crippen LogP contribution in [-0.2, 0) is 17.8 Å². The third-order valence-corrected chi connectivity index (χ3v) is 6.86. The van der Waals surface area contributed by atoms with Gasteiger partial charge in [-0.15, -0.1) is 0 Å². The molecule has 1 aliphatic heterocycles. The molecule has 1 atom stereocenters. The van der Waals surface area contributed by atoms with Gasteiger partial charge in [0.05, 0.1) is 18.2 Å². The van der Waals surface area contributed by atoms with E-state index in [0.717, 1.165) is 30.7 Å². The minimum Gasteiger partial charge on any atom is -0.491 e. The molecule has 0 unspecified atom stereocenters. The van der Waals surface area contributed by atoms with E-state index in [1.807, 2.05) is 68.3 Å². The van der Waals surface area contributed by atoms with Crippen molar-refractivity contribution in [3.05, 3.63) is 77.4 Å². The third kappa shape index (κ3) is 6.96. The maximum Gasteiger partial charge on any atom is 0.257 e. The van der Waals surface area contributed by atoms with Crippen LogP contribution in [0.2, 0.25) is 0 Å². The lowest BCUT2D eigenvalue weighted by Gasteiger charge is -2.32. The van der Waals surface area contributed by atoms with E-state index in [0.29, 0.717) is 56.2 Å². The quantitative estimate of drug-likeness (QED) is 0.525. The summed E-state index contributed by atoms with van der Waals surface area (Å²) in [6, 6.07) is 17.4. The Labute approximate surface area is 219 Å². The zero-order valence-electron chi connectivity index (χ0n) is 22.1. The van der Waals surface area contributed by atoms with Gasteiger partial charge in [-0.1, -0.05) is 42.5 Å². The van der Waals surface area contributed by atoms with Crippen LogP contribution in [0, 0.1) is 13.8 Å². The van der Waals surface area contributed by atoms with E-state index in [1.165, 1.54) is 0 Å². The Morgan fingerprint density at radius 1 is 1.00 bits per heavy atom. The molecule has 196 valence electrons. The molecule has 8 heteroatoms. The van der Waals surface area contributed by atoms with E-state index >= 15 is 0 Å². The van der Waals surface area contributed by atoms with E-state index in [1.54, 1.807) is 9.58 Å². The fraction of sp³-hybridized carbons (Fsp3) is 0.448. The highest BCUT2D eigenvalue weighted by molar-refractivity contribution is 5.96. The van der Waals surface area contributed by atoms with Crippen LogP contribution >= 0.6 is 0 Å². The highest BCUT2D eigenvalue weighted by atomic mass is 16.5. The number of aryl methyl sites for hydroxylation is 3. The summed E-state index contributed by atoms with van der Waals surface area (Å²) in [5, 5.41) is 4.42. The molecule has 0 bridgehead atoms. The number of ether oxygens (including phenoxy) is 1. The molecule has 1 aliphatic rings. The standard InChI is InChI=1S/C29H37N5O3/c1-22-30-23(2)34(31-22)19-16-28(35)33-18-11-5-10-17-32(3)29(36)26-14-8-9-15-27(26)37-21-25(33)20-24-12-6-4-7-13-24/h4,6-9,12-15,25H,5,10-11,16-21H2,1-3H3/t25-/m0/s1. The van der Waals surface area contributed by atoms with E-state index in [4.69, 9.17) is 4.74 Å². The Morgan fingerprint density at radius 2 is 1.73 bits per heavy atom. The van der Waals surface area contributed by atoms with E-state index < -0.39 is 0 Å². The summed E-state index contributed by atoms with van der Waals surface area (Å²) in [7, 11) is 1.83. The Kier molecular flexibility index (Phi) is 8.93. The number of fused-ring (bicyclic) bond motifs is 1. The lowest BCUT2D eigenvalue weighted by atomic mass is 10.0. The molecular weight excluding hydrogens is 466 g/mol. The third-order valence-electron chi connectivity index (χ3n) is 6.86. The molecule has 37 heavy (non-hydrogen) atoms. The van der Waals surface area contributed by atoms with Crippen molar-refractivity contribution in [2.75, 3.05) is 26.7 Å². The van der Waals surface area contributed by atoms with E-state index in [9.17, 15) is 9.59 Å². The number of nitrogens with zero attached hydrogens (tertiary/aromatic N) is 5. The van der Waals surface area contributed by atoms with E-state index in [-0.39, 0.29) is 17.9 Å². The van der Waals surface area contributed by atoms with Gasteiger partial charge in [-0.2, -0.15) is 5.10 Å². The van der Waals surface area contributed by atoms with Crippen LogP contribution in [0.4, 0.5) is 0 Å². The molecule has 3 aromatic rings. The molecule has 8 nitrogen and oxygen atoms in total. The molecule has 0 aliphatic carbocycles. The van der Waals surface area contributed by atoms with Crippen molar-refractivity contribution in [2.24, 2.45) is 0 Å². The minimum absolute atomic E-state index is 0.0408. The second kappa shape index (κ2) is 12.5. The van der Waals surface area contributed by atoms with Crippen LogP contribution in [0.5, 0.6) is 5.75 Å². The summed E-state index contributed by atoms with van der Waals surface area (Å²) in [4.78, 5) is 34.9. The van der Waals surface area contributed by atoms with E-state index in [2.05, 4.69) is 22.2 Å². The van der Waals surface area contributed by atoms with Gasteiger partial charge < -0.3 is 14.5 Å². The van der Waals surface area contributed by atoms with Gasteiger partial charge in [0.2, 0.25) is 5.91 Å². The average molecular weight is 504 g/mol. The monoisotopic (exact) mass is 503 g/mol. The van der Waals surface area contributed by atoms with Crippen molar-refractivity contribution in [3.8, 4) is 5.75 Å². The van der Waals surface area contributed by atoms with Crippen LogP contribution in [0.15, 0.2) is 54.6 Å². The maximum absolute atomic E-state index is 13.7. The van der Waals surface area contributed by atoms with Crippen molar-refractivity contribution in [1.82, 2.24) is 24.6 Å². The van der Waals surface area contributed by atoms with Crippen LogP contribution in [0.25, 0.3) is 0 Å². The van der Waals surface area contributed by atoms with Crippen molar-refractivity contribution in [3.63, 3.8) is 0 Å². The molecule has 0 spiro atoms. The summed E-state index contributed by atoms with van der Waals surface area (Å²) < 4.78 is 8.10. The van der Waals surface area contributed by atoms with Crippen molar-refractivity contribution >= 4 is 11.8 Å². The second-order valence-electron chi connectivity index (χ2n) is 9.70. The van der Waals surface area contributed by atoms with Crippen molar-refractivity contribution in [1.29, 1.82) is 0 Å². The highest BCUT2D eigenvalue weighted by Gasteiger charge is 2.26. The lowest BCUT2D eigenvalue weighted by molar-refractivity contribution is -0.134. The Bertz CT molecular complexity index is 1190. The first kappa shape index (κ1) is 26.4. The Balaban J connectivity index is 1.60. The molecular formula is C29H37N5O3. The number of hydrogen-bond acceptors (Lipinski definition) is 5. The molecule has 4 rings (SSSR count). The van der Waals surface area contributed by atoms with Gasteiger partial charge in [0.1, 0.15) is 24.0 Å². The summed E-state index contributed by atoms with van der Waals surface area (Å²) in [5.41, 5.74) is 1.70. The van der Waals surface area contributed by atoms with Gasteiger partial charge in [0, 0.05) is 26.6 Å². The van der Waals surface area contributed by atoms with Gasteiger partial charge in [0.25, 0.3) is 5.91 Å². The van der Waals surface area contributed by atoms with Gasteiger partial charge in [0.15, 0.2) is 0 Å². The molecule has 1 aromatic heterocycles. The Hall–Kier alpha value is -3.68. The number of hydrogen-bond donors (Lipinski definition) is 0. The van der Waals surface area contributed by atoms with Crippen LogP contribution in [0.3, 0.4) is 0 Å². The number of amides is 2. The molecule has 0 saturated carbocycles. The van der Waals surface area contributed by atoms with Crippen molar-refractivity contribution < 1.29 is 14.3 Å². The first-order valence-corrected chi connectivity index (χ1v) is 13.1. The Morgan fingerprint density at radius 3 is 2.49 bits per heavy atom. The second-order valence-corrected chi connectivity index (χ2v) is 9.70. The maximum atomic E-state index is 13.7. The number of para-hydroxylation sites is 1. The molecule has 0 radical (unpaired) electrons. The van der Waals surface area contributed by atoms with Gasteiger partial charge >= 0.3 is 0 Å². The van der Waals surface area contributed by atoms with Gasteiger partial charge in [-0.25, -0.2) is 9.67 Å². The summed E-state index contributed by atoms with van der Waals surface area (Å²) in [6.07, 6.45) is 3.70. The summed E-state index contributed by atoms with van der Waals surface area (Å²) >= 11 is 0. The largest absolute Gasteiger partial charge is 0.491 e. The number of rotatable bonds is 5. The van der Waals surface area contributed by atoms with Crippen LogP contribution < -0.4 is 4.74 Å². The molecule has 2 amide bonds. The van der Waals surface area contributed by atoms with Crippen LogP contribution in [0.1, 0.15) is 53.3 Å². The van der Waals surface area contributed by atoms with Gasteiger partial charge in [-0.3, -0.25) is 9.59 Å². The zero-order valence-corrected chi connectivity index (χ0v) is 22.1. The first-order valence-electron chi connectivity index (χ1n) is 13.1. The summed E-state index contributed by atoms with van der Waals surface area (Å²) in [6.45, 7) is 5.87. The first-order chi connectivity index (χ1) is 17.9. The molecule has 0 N–H and O–H groups in total. The zero-order chi connectivity index (χ0) is 26.2. The number of carbonyl (C=O) groups excluding carboxylic acids is 2. The molecule has 2 aromatic carbocycles. The number of carbonyl (C=O) groups is 2. The molecule has 0 saturated heterocycles. The van der Waals surface area contributed by atoms with Crippen molar-refractivity contribution in [2.45, 2.75) is 58.5 Å². The SMILES string of the molecule is Cc1nc(C)n(CCC(=O)N2CCCCCN(C)C(=O)c3ccccc3OC[C@@H]2Cc2ccccc2)n1. The van der Waals surface area contributed by atoms with Gasteiger partial charge in [-0.05, 0) is 57.2 Å². The average Bonchev–Trinajstić information content (AvgIpc) is 3.23. The minimum atomic E-state index is -0.171. The number of benzene rings is 2. The normalized spacial score (nSPS) is 17.3. The fourth-order valence-electron chi connectivity index (χ4n) is 4.84. The molecule has 2 heterocycles.